The Bertz CT molecular complexity index is 1130. The fourth-order valence-electron chi connectivity index (χ4n) is 4.38. The Morgan fingerprint density at radius 1 is 1.08 bits per heavy atom. The summed E-state index contributed by atoms with van der Waals surface area (Å²) in [4.78, 5) is 18.4. The highest BCUT2D eigenvalue weighted by Gasteiger charge is 2.30. The fourth-order valence-corrected chi connectivity index (χ4v) is 4.38. The molecule has 0 saturated carbocycles. The minimum Gasteiger partial charge on any atom is -0.508 e. The van der Waals surface area contributed by atoms with Gasteiger partial charge in [-0.1, -0.05) is 19.9 Å². The van der Waals surface area contributed by atoms with Gasteiger partial charge >= 0.3 is 0 Å². The Kier molecular flexibility index (Phi) is 9.12. The van der Waals surface area contributed by atoms with Crippen LogP contribution in [0.2, 0.25) is 0 Å². The number of phenols is 2. The van der Waals surface area contributed by atoms with Crippen LogP contribution in [0, 0.1) is 11.2 Å². The molecule has 1 amide bonds. The number of rotatable bonds is 7. The van der Waals surface area contributed by atoms with E-state index in [1.165, 1.54) is 17.0 Å². The van der Waals surface area contributed by atoms with Gasteiger partial charge in [-0.2, -0.15) is 0 Å². The summed E-state index contributed by atoms with van der Waals surface area (Å²) in [5.41, 5.74) is 8.00. The van der Waals surface area contributed by atoms with Gasteiger partial charge in [0, 0.05) is 61.6 Å². The van der Waals surface area contributed by atoms with Crippen molar-refractivity contribution < 1.29 is 19.4 Å². The van der Waals surface area contributed by atoms with Crippen molar-refractivity contribution >= 4 is 17.4 Å². The summed E-state index contributed by atoms with van der Waals surface area (Å²) in [6.45, 7) is 11.3. The van der Waals surface area contributed by atoms with E-state index < -0.39 is 23.7 Å². The topological polar surface area (TPSA) is 129 Å². The Labute approximate surface area is 218 Å². The zero-order valence-corrected chi connectivity index (χ0v) is 22.3. The van der Waals surface area contributed by atoms with Gasteiger partial charge in [0.2, 0.25) is 0 Å². The fraction of sp³-hybridized carbons (Fsp3) is 0.481. The molecular weight excluding hydrogens is 475 g/mol. The number of carbonyl (C=O) groups is 1. The molecule has 10 heteroatoms. The molecule has 1 aliphatic rings. The number of phenolic OH excluding ortho intramolecular Hbond substituents is 2. The molecule has 0 bridgehead atoms. The van der Waals surface area contributed by atoms with Crippen LogP contribution in [-0.2, 0) is 11.3 Å². The predicted molar refractivity (Wildman–Crippen MR) is 143 cm³/mol. The third kappa shape index (κ3) is 6.76. The highest BCUT2D eigenvalue weighted by molar-refractivity contribution is 6.42. The van der Waals surface area contributed by atoms with E-state index in [1.807, 2.05) is 13.8 Å². The highest BCUT2D eigenvalue weighted by Crippen LogP contribution is 2.37. The predicted octanol–water partition coefficient (Wildman–Crippen LogP) is 3.07. The molecule has 9 nitrogen and oxygen atoms in total. The molecule has 1 atom stereocenters. The number of carbonyl (C=O) groups excluding carboxylic acids is 1. The first-order valence-electron chi connectivity index (χ1n) is 12.6. The zero-order valence-electron chi connectivity index (χ0n) is 22.3. The number of nitrogens with one attached hydrogen (secondary N) is 2. The van der Waals surface area contributed by atoms with Crippen molar-refractivity contribution in [3.05, 3.63) is 52.8 Å². The quantitative estimate of drug-likeness (QED) is 0.218. The molecule has 1 unspecified atom stereocenters. The molecule has 1 aliphatic heterocycles. The van der Waals surface area contributed by atoms with E-state index in [9.17, 15) is 15.0 Å². The Morgan fingerprint density at radius 3 is 2.27 bits per heavy atom. The Balaban J connectivity index is 1.99. The average Bonchev–Trinajstić information content (AvgIpc) is 2.81. The minimum atomic E-state index is -1.20. The van der Waals surface area contributed by atoms with Crippen LogP contribution in [0.1, 0.15) is 56.5 Å². The molecule has 2 aromatic carbocycles. The molecular formula is C27H39FN6O3. The van der Waals surface area contributed by atoms with Crippen LogP contribution >= 0.6 is 0 Å². The number of nitrogens with zero attached hydrogens (tertiary/aromatic N) is 3. The summed E-state index contributed by atoms with van der Waals surface area (Å²) in [5, 5.41) is 32.2. The molecule has 202 valence electrons. The number of nitrogens with two attached hydrogens (primary N) is 1. The number of anilines is 1. The van der Waals surface area contributed by atoms with Gasteiger partial charge in [0.15, 0.2) is 5.84 Å². The van der Waals surface area contributed by atoms with Crippen molar-refractivity contribution in [3.63, 3.8) is 0 Å². The number of piperazine rings is 1. The lowest BCUT2D eigenvalue weighted by Gasteiger charge is -2.33. The normalized spacial score (nSPS) is 15.7. The Hall–Kier alpha value is -3.21. The number of hydrogen-bond acceptors (Lipinski definition) is 7. The lowest BCUT2D eigenvalue weighted by atomic mass is 9.97. The van der Waals surface area contributed by atoms with Gasteiger partial charge in [-0.25, -0.2) is 4.39 Å². The molecule has 0 aliphatic carbocycles. The first-order valence-corrected chi connectivity index (χ1v) is 12.6. The van der Waals surface area contributed by atoms with Crippen LogP contribution < -0.4 is 16.0 Å². The minimum absolute atomic E-state index is 0.0741. The molecule has 1 heterocycles. The second kappa shape index (κ2) is 11.9. The Morgan fingerprint density at radius 2 is 1.70 bits per heavy atom. The number of benzene rings is 2. The first kappa shape index (κ1) is 28.4. The van der Waals surface area contributed by atoms with Gasteiger partial charge in [0.05, 0.1) is 0 Å². The monoisotopic (exact) mass is 514 g/mol. The van der Waals surface area contributed by atoms with Crippen molar-refractivity contribution in [3.8, 4) is 11.5 Å². The van der Waals surface area contributed by atoms with Crippen molar-refractivity contribution in [1.29, 1.82) is 5.41 Å². The van der Waals surface area contributed by atoms with E-state index in [4.69, 9.17) is 11.1 Å². The van der Waals surface area contributed by atoms with Crippen LogP contribution in [0.25, 0.3) is 0 Å². The molecule has 1 fully saturated rings. The molecule has 0 radical (unpaired) electrons. The van der Waals surface area contributed by atoms with Crippen molar-refractivity contribution in [2.24, 2.45) is 5.73 Å². The van der Waals surface area contributed by atoms with Crippen LogP contribution in [0.15, 0.2) is 30.3 Å². The van der Waals surface area contributed by atoms with E-state index in [1.54, 1.807) is 32.0 Å². The molecule has 1 saturated heterocycles. The molecule has 37 heavy (non-hydrogen) atoms. The van der Waals surface area contributed by atoms with Gasteiger partial charge in [-0.3, -0.25) is 15.1 Å². The summed E-state index contributed by atoms with van der Waals surface area (Å²) < 4.78 is 15.3. The van der Waals surface area contributed by atoms with Gasteiger partial charge in [-0.15, -0.1) is 0 Å². The van der Waals surface area contributed by atoms with Gasteiger partial charge < -0.3 is 31.1 Å². The smallest absolute Gasteiger partial charge is 0.286 e. The van der Waals surface area contributed by atoms with E-state index in [0.29, 0.717) is 17.7 Å². The van der Waals surface area contributed by atoms with E-state index in [-0.39, 0.29) is 34.7 Å². The maximum Gasteiger partial charge on any atom is 0.286 e. The third-order valence-electron chi connectivity index (χ3n) is 6.58. The SMILES string of the molecule is CC(C)NC(=O)C(=N)N(c1ccc(CN2CCN(C)CC2)c(F)c1)C(N)c1cc(C(C)C)c(O)cc1O. The number of amidine groups is 1. The van der Waals surface area contributed by atoms with Crippen molar-refractivity contribution in [2.75, 3.05) is 38.1 Å². The molecule has 3 rings (SSSR count). The number of amides is 1. The van der Waals surface area contributed by atoms with Gasteiger partial charge in [-0.05, 0) is 50.6 Å². The lowest BCUT2D eigenvalue weighted by molar-refractivity contribution is -0.115. The second-order valence-electron chi connectivity index (χ2n) is 10.3. The standard InChI is InChI=1S/C27H39FN6O3/c1-16(2)20-13-21(24(36)14-23(20)35)25(29)34(26(30)27(37)31-17(3)4)19-7-6-18(22(28)12-19)15-33-10-8-32(5)9-11-33/h6-7,12-14,16-17,25,30,35-36H,8-11,15,29H2,1-5H3,(H,31,37). The number of halogens is 1. The van der Waals surface area contributed by atoms with Gasteiger partial charge in [0.25, 0.3) is 5.91 Å². The molecule has 0 spiro atoms. The summed E-state index contributed by atoms with van der Waals surface area (Å²) in [7, 11) is 2.06. The maximum atomic E-state index is 15.3. The van der Waals surface area contributed by atoms with E-state index in [0.717, 1.165) is 26.2 Å². The highest BCUT2D eigenvalue weighted by atomic mass is 19.1. The molecule has 0 aromatic heterocycles. The van der Waals surface area contributed by atoms with Crippen LogP contribution in [0.5, 0.6) is 11.5 Å². The van der Waals surface area contributed by atoms with E-state index >= 15 is 4.39 Å². The van der Waals surface area contributed by atoms with Crippen molar-refractivity contribution in [2.45, 2.75) is 52.4 Å². The zero-order chi connectivity index (χ0) is 27.4. The largest absolute Gasteiger partial charge is 0.508 e. The second-order valence-corrected chi connectivity index (χ2v) is 10.3. The lowest BCUT2D eigenvalue weighted by Crippen LogP contribution is -2.48. The van der Waals surface area contributed by atoms with Gasteiger partial charge in [0.1, 0.15) is 23.5 Å². The van der Waals surface area contributed by atoms with Crippen LogP contribution in [-0.4, -0.2) is 71.0 Å². The summed E-state index contributed by atoms with van der Waals surface area (Å²) in [5.74, 6) is -2.09. The van der Waals surface area contributed by atoms with E-state index in [2.05, 4.69) is 22.2 Å². The summed E-state index contributed by atoms with van der Waals surface area (Å²) in [6, 6.07) is 7.06. The van der Waals surface area contributed by atoms with Crippen LogP contribution in [0.3, 0.4) is 0 Å². The molecule has 2 aromatic rings. The van der Waals surface area contributed by atoms with Crippen LogP contribution in [0.4, 0.5) is 10.1 Å². The number of aromatic hydroxyl groups is 2. The third-order valence-corrected chi connectivity index (χ3v) is 6.58. The number of hydrogen-bond donors (Lipinski definition) is 5. The first-order chi connectivity index (χ1) is 17.4. The maximum absolute atomic E-state index is 15.3. The summed E-state index contributed by atoms with van der Waals surface area (Å²) >= 11 is 0. The summed E-state index contributed by atoms with van der Waals surface area (Å²) in [6.07, 6.45) is -1.20. The average molecular weight is 515 g/mol. The number of likely N-dealkylation sites (N-methyl/N-ethyl adjacent to an activating group) is 1. The van der Waals surface area contributed by atoms with Crippen molar-refractivity contribution in [1.82, 2.24) is 15.1 Å². The molecule has 6 N–H and O–H groups in total.